The quantitative estimate of drug-likeness (QED) is 0.500. The van der Waals surface area contributed by atoms with E-state index in [4.69, 9.17) is 27.5 Å². The number of benzene rings is 2. The lowest BCUT2D eigenvalue weighted by Gasteiger charge is -2.09. The number of rotatable bonds is 5. The van der Waals surface area contributed by atoms with E-state index in [2.05, 4.69) is 0 Å². The summed E-state index contributed by atoms with van der Waals surface area (Å²) in [5.41, 5.74) is 7.28. The molecule has 0 amide bonds. The van der Waals surface area contributed by atoms with Crippen molar-refractivity contribution in [3.63, 3.8) is 0 Å². The van der Waals surface area contributed by atoms with Crippen LogP contribution in [0.25, 0.3) is 0 Å². The maximum Gasteiger partial charge on any atom is 0.129 e. The molecule has 0 unspecified atom stereocenters. The molecule has 0 bridgehead atoms. The molecule has 3 N–H and O–H groups in total. The Morgan fingerprint density at radius 1 is 1.25 bits per heavy atom. The molecule has 0 radical (unpaired) electrons. The topological polar surface area (TPSA) is 59.1 Å². The molecule has 2 aromatic carbocycles. The highest BCUT2D eigenvalue weighted by atomic mass is 35.5. The van der Waals surface area contributed by atoms with Crippen molar-refractivity contribution in [3.05, 3.63) is 58.6 Å². The lowest BCUT2D eigenvalue weighted by molar-refractivity contribution is 0.413. The molecular weight excluding hydrogens is 292 g/mol. The lowest BCUT2D eigenvalue weighted by Crippen LogP contribution is -2.12. The standard InChI is InChI=1S/C15H15ClN2OS/c1-19-14-7-2-10(8-13(14)15(17)18)9-20-12-5-3-11(16)4-6-12/h2-8H,9H2,1H3,(H3,17,18). The monoisotopic (exact) mass is 306 g/mol. The Morgan fingerprint density at radius 3 is 2.55 bits per heavy atom. The first kappa shape index (κ1) is 14.8. The lowest BCUT2D eigenvalue weighted by atomic mass is 10.1. The van der Waals surface area contributed by atoms with Gasteiger partial charge in [-0.1, -0.05) is 17.7 Å². The van der Waals surface area contributed by atoms with Crippen molar-refractivity contribution in [2.24, 2.45) is 5.73 Å². The summed E-state index contributed by atoms with van der Waals surface area (Å²) in [5, 5.41) is 8.31. The van der Waals surface area contributed by atoms with Gasteiger partial charge in [-0.3, -0.25) is 5.41 Å². The normalized spacial score (nSPS) is 10.3. The van der Waals surface area contributed by atoms with Gasteiger partial charge in [-0.05, 0) is 42.0 Å². The number of ether oxygens (including phenoxy) is 1. The van der Waals surface area contributed by atoms with Gasteiger partial charge in [0.2, 0.25) is 0 Å². The molecule has 5 heteroatoms. The second-order valence-electron chi connectivity index (χ2n) is 4.19. The fraction of sp³-hybridized carbons (Fsp3) is 0.133. The molecule has 0 saturated heterocycles. The van der Waals surface area contributed by atoms with Crippen LogP contribution in [-0.2, 0) is 5.75 Å². The molecule has 0 aliphatic rings. The second kappa shape index (κ2) is 6.68. The summed E-state index contributed by atoms with van der Waals surface area (Å²) in [4.78, 5) is 1.15. The number of hydrogen-bond donors (Lipinski definition) is 2. The van der Waals surface area contributed by atoms with Crippen molar-refractivity contribution in [2.75, 3.05) is 7.11 Å². The van der Waals surface area contributed by atoms with Crippen LogP contribution in [0, 0.1) is 5.41 Å². The molecule has 20 heavy (non-hydrogen) atoms. The van der Waals surface area contributed by atoms with Gasteiger partial charge < -0.3 is 10.5 Å². The summed E-state index contributed by atoms with van der Waals surface area (Å²) in [6, 6.07) is 13.4. The van der Waals surface area contributed by atoms with Gasteiger partial charge in [-0.2, -0.15) is 0 Å². The van der Waals surface area contributed by atoms with Crippen LogP contribution in [0.4, 0.5) is 0 Å². The van der Waals surface area contributed by atoms with E-state index < -0.39 is 0 Å². The SMILES string of the molecule is COc1ccc(CSc2ccc(Cl)cc2)cc1C(=N)N. The van der Waals surface area contributed by atoms with Crippen LogP contribution in [0.1, 0.15) is 11.1 Å². The Bertz CT molecular complexity index is 614. The predicted octanol–water partition coefficient (Wildman–Crippen LogP) is 3.92. The number of halogens is 1. The highest BCUT2D eigenvalue weighted by Gasteiger charge is 2.07. The number of nitrogen functional groups attached to an aromatic ring is 1. The minimum Gasteiger partial charge on any atom is -0.496 e. The fourth-order valence-corrected chi connectivity index (χ4v) is 2.72. The van der Waals surface area contributed by atoms with Gasteiger partial charge >= 0.3 is 0 Å². The largest absolute Gasteiger partial charge is 0.496 e. The maximum atomic E-state index is 7.57. The van der Waals surface area contributed by atoms with Crippen LogP contribution in [0.2, 0.25) is 5.02 Å². The average Bonchev–Trinajstić information content (AvgIpc) is 2.46. The van der Waals surface area contributed by atoms with Gasteiger partial charge in [0.1, 0.15) is 11.6 Å². The van der Waals surface area contributed by atoms with E-state index in [9.17, 15) is 0 Å². The summed E-state index contributed by atoms with van der Waals surface area (Å²) in [6.07, 6.45) is 0. The van der Waals surface area contributed by atoms with Crippen molar-refractivity contribution >= 4 is 29.2 Å². The van der Waals surface area contributed by atoms with Gasteiger partial charge in [-0.15, -0.1) is 11.8 Å². The summed E-state index contributed by atoms with van der Waals surface area (Å²) >= 11 is 7.56. The molecule has 0 atom stereocenters. The molecule has 0 saturated carbocycles. The molecule has 2 aromatic rings. The number of nitrogens with one attached hydrogen (secondary N) is 1. The zero-order chi connectivity index (χ0) is 14.5. The van der Waals surface area contributed by atoms with Gasteiger partial charge in [0.25, 0.3) is 0 Å². The molecule has 0 fully saturated rings. The number of amidine groups is 1. The number of thioether (sulfide) groups is 1. The van der Waals surface area contributed by atoms with Crippen molar-refractivity contribution < 1.29 is 4.74 Å². The van der Waals surface area contributed by atoms with Gasteiger partial charge in [-0.25, -0.2) is 0 Å². The first-order valence-electron chi connectivity index (χ1n) is 6.00. The maximum absolute atomic E-state index is 7.57. The van der Waals surface area contributed by atoms with Crippen molar-refractivity contribution in [3.8, 4) is 5.75 Å². The van der Waals surface area contributed by atoms with Crippen LogP contribution in [0.3, 0.4) is 0 Å². The molecule has 0 heterocycles. The smallest absolute Gasteiger partial charge is 0.129 e. The minimum atomic E-state index is 0.0141. The molecular formula is C15H15ClN2OS. The first-order valence-corrected chi connectivity index (χ1v) is 7.36. The number of nitrogens with two attached hydrogens (primary N) is 1. The fourth-order valence-electron chi connectivity index (χ4n) is 1.75. The van der Waals surface area contributed by atoms with Crippen LogP contribution in [-0.4, -0.2) is 12.9 Å². The van der Waals surface area contributed by atoms with E-state index in [1.165, 1.54) is 0 Å². The Morgan fingerprint density at radius 2 is 1.95 bits per heavy atom. The van der Waals surface area contributed by atoms with E-state index in [1.807, 2.05) is 42.5 Å². The van der Waals surface area contributed by atoms with E-state index in [1.54, 1.807) is 18.9 Å². The third-order valence-electron chi connectivity index (χ3n) is 2.77. The highest BCUT2D eigenvalue weighted by Crippen LogP contribution is 2.26. The van der Waals surface area contributed by atoms with Crippen LogP contribution in [0.15, 0.2) is 47.4 Å². The number of methoxy groups -OCH3 is 1. The molecule has 104 valence electrons. The van der Waals surface area contributed by atoms with Crippen molar-refractivity contribution in [1.82, 2.24) is 0 Å². The molecule has 0 aliphatic heterocycles. The van der Waals surface area contributed by atoms with Crippen molar-refractivity contribution in [2.45, 2.75) is 10.6 Å². The predicted molar refractivity (Wildman–Crippen MR) is 85.0 cm³/mol. The van der Waals surface area contributed by atoms with Gasteiger partial charge in [0.15, 0.2) is 0 Å². The van der Waals surface area contributed by atoms with Crippen LogP contribution < -0.4 is 10.5 Å². The zero-order valence-corrected chi connectivity index (χ0v) is 12.6. The van der Waals surface area contributed by atoms with Crippen molar-refractivity contribution in [1.29, 1.82) is 5.41 Å². The summed E-state index contributed by atoms with van der Waals surface area (Å²) < 4.78 is 5.20. The first-order chi connectivity index (χ1) is 9.60. The molecule has 0 spiro atoms. The van der Waals surface area contributed by atoms with Crippen LogP contribution in [0.5, 0.6) is 5.75 Å². The van der Waals surface area contributed by atoms with E-state index in [0.29, 0.717) is 11.3 Å². The Kier molecular flexibility index (Phi) is 4.93. The molecule has 2 rings (SSSR count). The van der Waals surface area contributed by atoms with Gasteiger partial charge in [0, 0.05) is 15.7 Å². The Labute approximate surface area is 127 Å². The third kappa shape index (κ3) is 3.68. The Balaban J connectivity index is 2.11. The summed E-state index contributed by atoms with van der Waals surface area (Å²) in [5.74, 6) is 1.43. The number of hydrogen-bond acceptors (Lipinski definition) is 3. The highest BCUT2D eigenvalue weighted by molar-refractivity contribution is 7.98. The average molecular weight is 307 g/mol. The minimum absolute atomic E-state index is 0.0141. The summed E-state index contributed by atoms with van der Waals surface area (Å²) in [6.45, 7) is 0. The Hall–Kier alpha value is -1.65. The third-order valence-corrected chi connectivity index (χ3v) is 4.11. The molecule has 0 aromatic heterocycles. The van der Waals surface area contributed by atoms with E-state index >= 15 is 0 Å². The van der Waals surface area contributed by atoms with Gasteiger partial charge in [0.05, 0.1) is 12.7 Å². The zero-order valence-electron chi connectivity index (χ0n) is 11.0. The van der Waals surface area contributed by atoms with E-state index in [0.717, 1.165) is 21.2 Å². The molecule has 0 aliphatic carbocycles. The summed E-state index contributed by atoms with van der Waals surface area (Å²) in [7, 11) is 1.57. The van der Waals surface area contributed by atoms with E-state index in [-0.39, 0.29) is 5.84 Å². The van der Waals surface area contributed by atoms with Crippen LogP contribution >= 0.6 is 23.4 Å². The second-order valence-corrected chi connectivity index (χ2v) is 5.68. The molecule has 3 nitrogen and oxygen atoms in total.